The lowest BCUT2D eigenvalue weighted by Crippen LogP contribution is -2.50. The van der Waals surface area contributed by atoms with Gasteiger partial charge in [-0.05, 0) is 32.1 Å². The van der Waals surface area contributed by atoms with Gasteiger partial charge in [0, 0.05) is 28.5 Å². The number of Topliss-reactive ketones (excluding diaryl/α,β-unsaturated/α-hetero) is 2. The van der Waals surface area contributed by atoms with E-state index in [1.807, 2.05) is 0 Å². The summed E-state index contributed by atoms with van der Waals surface area (Å²) in [6.07, 6.45) is 7.07. The van der Waals surface area contributed by atoms with E-state index in [-0.39, 0.29) is 23.7 Å². The Morgan fingerprint density at radius 1 is 0.765 bits per heavy atom. The molecule has 3 rings (SSSR count). The molecular weight excluding hydrogens is 280 g/mol. The van der Waals surface area contributed by atoms with E-state index >= 15 is 0 Å². The molecule has 5 atom stereocenters. The highest BCUT2D eigenvalue weighted by Crippen LogP contribution is 2.47. The van der Waals surface area contributed by atoms with Crippen molar-refractivity contribution < 1.29 is 9.59 Å². The summed E-state index contributed by atoms with van der Waals surface area (Å²) in [5, 5.41) is 0. The maximum absolute atomic E-state index is 12.5. The lowest BCUT2D eigenvalue weighted by molar-refractivity contribution is -0.150. The van der Waals surface area contributed by atoms with Crippen molar-refractivity contribution in [3.63, 3.8) is 0 Å². The Morgan fingerprint density at radius 2 is 1.29 bits per heavy atom. The molecule has 2 nitrogen and oxygen atoms in total. The predicted molar refractivity (Wildman–Crippen MR) is 69.0 cm³/mol. The van der Waals surface area contributed by atoms with Crippen molar-refractivity contribution in [1.29, 1.82) is 0 Å². The summed E-state index contributed by atoms with van der Waals surface area (Å²) in [5.74, 6) is 1.12. The molecule has 3 aliphatic carbocycles. The zero-order chi connectivity index (χ0) is 12.0. The summed E-state index contributed by atoms with van der Waals surface area (Å²) in [6.45, 7) is 0. The highest BCUT2D eigenvalue weighted by atomic mass is 79.9. The van der Waals surface area contributed by atoms with Crippen LogP contribution in [0.5, 0.6) is 0 Å². The zero-order valence-electron chi connectivity index (χ0n) is 10.0. The standard InChI is InChI=1S/C14H19BrO2/c15-8-5-6-11-12(7-8)14(17)10-4-2-1-3-9(10)13(11)16/h8-12H,1-7H2. The Morgan fingerprint density at radius 3 is 1.94 bits per heavy atom. The Bertz CT molecular complexity index is 352. The van der Waals surface area contributed by atoms with Crippen LogP contribution in [0.15, 0.2) is 0 Å². The monoisotopic (exact) mass is 298 g/mol. The van der Waals surface area contributed by atoms with Crippen LogP contribution in [0.25, 0.3) is 0 Å². The molecule has 17 heavy (non-hydrogen) atoms. The topological polar surface area (TPSA) is 34.1 Å². The van der Waals surface area contributed by atoms with Crippen LogP contribution in [0, 0.1) is 23.7 Å². The number of hydrogen-bond donors (Lipinski definition) is 0. The number of carbonyl (C=O) groups is 2. The third-order valence-electron chi connectivity index (χ3n) is 5.01. The van der Waals surface area contributed by atoms with Gasteiger partial charge in [0.2, 0.25) is 0 Å². The zero-order valence-corrected chi connectivity index (χ0v) is 11.6. The first-order valence-electron chi connectivity index (χ1n) is 6.90. The van der Waals surface area contributed by atoms with Gasteiger partial charge in [0.25, 0.3) is 0 Å². The van der Waals surface area contributed by atoms with Crippen molar-refractivity contribution in [2.24, 2.45) is 23.7 Å². The van der Waals surface area contributed by atoms with E-state index in [1.165, 1.54) is 0 Å². The summed E-state index contributed by atoms with van der Waals surface area (Å²) in [6, 6.07) is 0. The van der Waals surface area contributed by atoms with E-state index in [0.29, 0.717) is 16.4 Å². The van der Waals surface area contributed by atoms with Gasteiger partial charge in [-0.2, -0.15) is 0 Å². The lowest BCUT2D eigenvalue weighted by atomic mass is 9.58. The molecule has 5 unspecified atom stereocenters. The van der Waals surface area contributed by atoms with Crippen molar-refractivity contribution >= 4 is 27.5 Å². The molecule has 0 bridgehead atoms. The van der Waals surface area contributed by atoms with Crippen molar-refractivity contribution in [3.05, 3.63) is 0 Å². The Hall–Kier alpha value is -0.180. The Labute approximate surface area is 111 Å². The highest BCUT2D eigenvalue weighted by molar-refractivity contribution is 9.09. The first kappa shape index (κ1) is 11.9. The molecule has 0 aromatic rings. The van der Waals surface area contributed by atoms with Crippen molar-refractivity contribution in [2.45, 2.75) is 49.8 Å². The maximum atomic E-state index is 12.5. The van der Waals surface area contributed by atoms with Gasteiger partial charge in [0.05, 0.1) is 0 Å². The molecule has 94 valence electrons. The van der Waals surface area contributed by atoms with Crippen LogP contribution < -0.4 is 0 Å². The summed E-state index contributed by atoms with van der Waals surface area (Å²) < 4.78 is 0. The number of ketones is 2. The number of halogens is 1. The van der Waals surface area contributed by atoms with Gasteiger partial charge in [-0.15, -0.1) is 0 Å². The van der Waals surface area contributed by atoms with Crippen molar-refractivity contribution in [2.75, 3.05) is 0 Å². The molecule has 0 radical (unpaired) electrons. The minimum Gasteiger partial charge on any atom is -0.299 e. The molecule has 0 aromatic heterocycles. The van der Waals surface area contributed by atoms with E-state index in [2.05, 4.69) is 15.9 Å². The van der Waals surface area contributed by atoms with Crippen molar-refractivity contribution in [1.82, 2.24) is 0 Å². The molecule has 3 heteroatoms. The third-order valence-corrected chi connectivity index (χ3v) is 5.85. The second-order valence-electron chi connectivity index (χ2n) is 5.93. The van der Waals surface area contributed by atoms with E-state index < -0.39 is 0 Å². The van der Waals surface area contributed by atoms with Crippen LogP contribution in [0.2, 0.25) is 0 Å². The normalized spacial score (nSPS) is 46.3. The van der Waals surface area contributed by atoms with Crippen LogP contribution in [-0.2, 0) is 9.59 Å². The summed E-state index contributed by atoms with van der Waals surface area (Å²) in [4.78, 5) is 25.4. The fraction of sp³-hybridized carbons (Fsp3) is 0.857. The SMILES string of the molecule is O=C1C2CCCCC2C(=O)C2CC(Br)CCC12. The average molecular weight is 299 g/mol. The number of hydrogen-bond acceptors (Lipinski definition) is 2. The fourth-order valence-corrected chi connectivity index (χ4v) is 4.80. The lowest BCUT2D eigenvalue weighted by Gasteiger charge is -2.44. The first-order valence-corrected chi connectivity index (χ1v) is 7.81. The van der Waals surface area contributed by atoms with Gasteiger partial charge < -0.3 is 0 Å². The van der Waals surface area contributed by atoms with E-state index in [4.69, 9.17) is 0 Å². The predicted octanol–water partition coefficient (Wildman–Crippen LogP) is 3.12. The highest BCUT2D eigenvalue weighted by Gasteiger charge is 2.51. The Balaban J connectivity index is 1.88. The van der Waals surface area contributed by atoms with Gasteiger partial charge in [-0.1, -0.05) is 28.8 Å². The van der Waals surface area contributed by atoms with E-state index in [9.17, 15) is 9.59 Å². The first-order chi connectivity index (χ1) is 8.18. The molecule has 0 heterocycles. The second-order valence-corrected chi connectivity index (χ2v) is 7.22. The maximum Gasteiger partial charge on any atom is 0.140 e. The van der Waals surface area contributed by atoms with Crippen LogP contribution in [-0.4, -0.2) is 16.4 Å². The summed E-state index contributed by atoms with van der Waals surface area (Å²) in [7, 11) is 0. The molecular formula is C14H19BrO2. The van der Waals surface area contributed by atoms with E-state index in [0.717, 1.165) is 44.9 Å². The Kier molecular flexibility index (Phi) is 3.14. The second kappa shape index (κ2) is 4.49. The summed E-state index contributed by atoms with van der Waals surface area (Å²) >= 11 is 3.62. The molecule has 0 N–H and O–H groups in total. The molecule has 0 aliphatic heterocycles. The quantitative estimate of drug-likeness (QED) is 0.644. The molecule has 0 amide bonds. The fourth-order valence-electron chi connectivity index (χ4n) is 4.14. The van der Waals surface area contributed by atoms with Gasteiger partial charge in [0.1, 0.15) is 11.6 Å². The van der Waals surface area contributed by atoms with Gasteiger partial charge >= 0.3 is 0 Å². The van der Waals surface area contributed by atoms with Gasteiger partial charge in [-0.3, -0.25) is 9.59 Å². The summed E-state index contributed by atoms with van der Waals surface area (Å²) in [5.41, 5.74) is 0. The largest absolute Gasteiger partial charge is 0.299 e. The number of rotatable bonds is 0. The third kappa shape index (κ3) is 1.91. The average Bonchev–Trinajstić information content (AvgIpc) is 2.36. The van der Waals surface area contributed by atoms with Crippen molar-refractivity contribution in [3.8, 4) is 0 Å². The minimum absolute atomic E-state index is 0.0416. The van der Waals surface area contributed by atoms with Crippen LogP contribution in [0.4, 0.5) is 0 Å². The molecule has 0 aromatic carbocycles. The van der Waals surface area contributed by atoms with E-state index in [1.54, 1.807) is 0 Å². The molecule has 3 fully saturated rings. The molecule has 3 saturated carbocycles. The molecule has 0 saturated heterocycles. The van der Waals surface area contributed by atoms with Gasteiger partial charge in [0.15, 0.2) is 0 Å². The van der Waals surface area contributed by atoms with Crippen LogP contribution in [0.3, 0.4) is 0 Å². The minimum atomic E-state index is 0.0416. The molecule has 3 aliphatic rings. The number of carbonyl (C=O) groups excluding carboxylic acids is 2. The van der Waals surface area contributed by atoms with Gasteiger partial charge in [-0.25, -0.2) is 0 Å². The van der Waals surface area contributed by atoms with Crippen LogP contribution >= 0.6 is 15.9 Å². The van der Waals surface area contributed by atoms with Crippen LogP contribution in [0.1, 0.15) is 44.9 Å². The number of fused-ring (bicyclic) bond motifs is 2. The smallest absolute Gasteiger partial charge is 0.140 e. The number of alkyl halides is 1. The molecule has 0 spiro atoms.